The van der Waals surface area contributed by atoms with E-state index in [1.165, 1.54) is 0 Å². The molecule has 1 saturated heterocycles. The molecule has 1 fully saturated rings. The Balaban J connectivity index is 1.77. The van der Waals surface area contributed by atoms with Crippen LogP contribution in [0.4, 0.5) is 4.79 Å². The summed E-state index contributed by atoms with van der Waals surface area (Å²) in [5, 5.41) is 2.82. The van der Waals surface area contributed by atoms with Crippen molar-refractivity contribution in [1.82, 2.24) is 10.2 Å². The standard InChI is InChI=1S/C10H14N2O2/c13-10(12-5-1-2-6-12)11-8-9-4-3-7-14-9/h3-4,7H,1-2,5-6,8H2,(H,11,13). The van der Waals surface area contributed by atoms with Gasteiger partial charge in [-0.1, -0.05) is 0 Å². The lowest BCUT2D eigenvalue weighted by Crippen LogP contribution is -2.37. The number of nitrogens with zero attached hydrogens (tertiary/aromatic N) is 1. The molecule has 0 radical (unpaired) electrons. The third-order valence-corrected chi connectivity index (χ3v) is 2.39. The minimum atomic E-state index is 0.0129. The van der Waals surface area contributed by atoms with Crippen molar-refractivity contribution < 1.29 is 9.21 Å². The predicted molar refractivity (Wildman–Crippen MR) is 51.8 cm³/mol. The van der Waals surface area contributed by atoms with Gasteiger partial charge in [-0.3, -0.25) is 0 Å². The summed E-state index contributed by atoms with van der Waals surface area (Å²) in [4.78, 5) is 13.3. The summed E-state index contributed by atoms with van der Waals surface area (Å²) in [6, 6.07) is 3.68. The number of carbonyl (C=O) groups excluding carboxylic acids is 1. The molecule has 1 aromatic rings. The van der Waals surface area contributed by atoms with Gasteiger partial charge >= 0.3 is 6.03 Å². The second-order valence-electron chi connectivity index (χ2n) is 3.43. The number of likely N-dealkylation sites (tertiary alicyclic amines) is 1. The molecule has 0 aromatic carbocycles. The number of amides is 2. The van der Waals surface area contributed by atoms with E-state index in [9.17, 15) is 4.79 Å². The minimum Gasteiger partial charge on any atom is -0.467 e. The van der Waals surface area contributed by atoms with Crippen molar-refractivity contribution in [2.24, 2.45) is 0 Å². The lowest BCUT2D eigenvalue weighted by molar-refractivity contribution is 0.207. The molecule has 1 aliphatic rings. The molecule has 4 heteroatoms. The van der Waals surface area contributed by atoms with Gasteiger partial charge < -0.3 is 14.6 Å². The van der Waals surface area contributed by atoms with Crippen LogP contribution in [0.3, 0.4) is 0 Å². The fourth-order valence-electron chi connectivity index (χ4n) is 1.61. The molecule has 2 heterocycles. The SMILES string of the molecule is O=C(NCc1ccco1)N1CCCC1. The molecule has 1 aliphatic heterocycles. The van der Waals surface area contributed by atoms with E-state index in [1.54, 1.807) is 6.26 Å². The van der Waals surface area contributed by atoms with E-state index in [2.05, 4.69) is 5.32 Å². The van der Waals surface area contributed by atoms with Gasteiger partial charge in [0.25, 0.3) is 0 Å². The Morgan fingerprint density at radius 1 is 1.50 bits per heavy atom. The highest BCUT2D eigenvalue weighted by molar-refractivity contribution is 5.74. The van der Waals surface area contributed by atoms with Crippen LogP contribution in [0.15, 0.2) is 22.8 Å². The quantitative estimate of drug-likeness (QED) is 0.777. The van der Waals surface area contributed by atoms with Gasteiger partial charge in [-0.2, -0.15) is 0 Å². The predicted octanol–water partition coefficient (Wildman–Crippen LogP) is 1.59. The van der Waals surface area contributed by atoms with Crippen molar-refractivity contribution >= 4 is 6.03 Å². The first-order valence-corrected chi connectivity index (χ1v) is 4.91. The van der Waals surface area contributed by atoms with Crippen molar-refractivity contribution in [3.63, 3.8) is 0 Å². The largest absolute Gasteiger partial charge is 0.467 e. The van der Waals surface area contributed by atoms with Crippen molar-refractivity contribution in [2.45, 2.75) is 19.4 Å². The average molecular weight is 194 g/mol. The lowest BCUT2D eigenvalue weighted by atomic mass is 10.4. The molecule has 14 heavy (non-hydrogen) atoms. The highest BCUT2D eigenvalue weighted by atomic mass is 16.3. The minimum absolute atomic E-state index is 0.0129. The normalized spacial score (nSPS) is 15.9. The molecule has 0 aliphatic carbocycles. The number of hydrogen-bond donors (Lipinski definition) is 1. The van der Waals surface area contributed by atoms with Gasteiger partial charge in [0.15, 0.2) is 0 Å². The first kappa shape index (κ1) is 9.12. The number of rotatable bonds is 2. The van der Waals surface area contributed by atoms with Crippen LogP contribution in [-0.4, -0.2) is 24.0 Å². The highest BCUT2D eigenvalue weighted by Crippen LogP contribution is 2.07. The van der Waals surface area contributed by atoms with Gasteiger partial charge in [0.1, 0.15) is 5.76 Å². The van der Waals surface area contributed by atoms with E-state index in [0.29, 0.717) is 6.54 Å². The Morgan fingerprint density at radius 3 is 2.93 bits per heavy atom. The van der Waals surface area contributed by atoms with E-state index >= 15 is 0 Å². The van der Waals surface area contributed by atoms with Crippen LogP contribution in [-0.2, 0) is 6.54 Å². The summed E-state index contributed by atoms with van der Waals surface area (Å²) in [6.07, 6.45) is 3.85. The maximum absolute atomic E-state index is 11.5. The maximum atomic E-state index is 11.5. The summed E-state index contributed by atoms with van der Waals surface area (Å²) in [6.45, 7) is 2.23. The van der Waals surface area contributed by atoms with Crippen LogP contribution in [0.5, 0.6) is 0 Å². The Labute approximate surface area is 82.9 Å². The van der Waals surface area contributed by atoms with Crippen LogP contribution >= 0.6 is 0 Å². The van der Waals surface area contributed by atoms with Crippen molar-refractivity contribution in [3.05, 3.63) is 24.2 Å². The third kappa shape index (κ3) is 2.07. The van der Waals surface area contributed by atoms with Gasteiger partial charge in [-0.05, 0) is 25.0 Å². The van der Waals surface area contributed by atoms with Gasteiger partial charge in [-0.15, -0.1) is 0 Å². The zero-order valence-electron chi connectivity index (χ0n) is 8.03. The molecular weight excluding hydrogens is 180 g/mol. The molecule has 1 N–H and O–H groups in total. The van der Waals surface area contributed by atoms with Gasteiger partial charge in [0, 0.05) is 13.1 Å². The number of hydrogen-bond acceptors (Lipinski definition) is 2. The Hall–Kier alpha value is -1.45. The summed E-state index contributed by atoms with van der Waals surface area (Å²) in [5.74, 6) is 0.789. The van der Waals surface area contributed by atoms with E-state index in [1.807, 2.05) is 17.0 Å². The molecule has 1 aromatic heterocycles. The lowest BCUT2D eigenvalue weighted by Gasteiger charge is -2.15. The van der Waals surface area contributed by atoms with Crippen LogP contribution in [0.25, 0.3) is 0 Å². The molecule has 2 rings (SSSR count). The monoisotopic (exact) mass is 194 g/mol. The van der Waals surface area contributed by atoms with Gasteiger partial charge in [-0.25, -0.2) is 4.79 Å². The molecule has 2 amide bonds. The molecule has 0 spiro atoms. The first-order chi connectivity index (χ1) is 6.86. The van der Waals surface area contributed by atoms with Crippen LogP contribution < -0.4 is 5.32 Å². The Kier molecular flexibility index (Phi) is 2.72. The zero-order chi connectivity index (χ0) is 9.80. The van der Waals surface area contributed by atoms with E-state index in [4.69, 9.17) is 4.42 Å². The number of carbonyl (C=O) groups is 1. The van der Waals surface area contributed by atoms with Gasteiger partial charge in [0.05, 0.1) is 12.8 Å². The Morgan fingerprint density at radius 2 is 2.29 bits per heavy atom. The van der Waals surface area contributed by atoms with E-state index in [-0.39, 0.29) is 6.03 Å². The maximum Gasteiger partial charge on any atom is 0.317 e. The molecular formula is C10H14N2O2. The molecule has 76 valence electrons. The highest BCUT2D eigenvalue weighted by Gasteiger charge is 2.17. The molecule has 0 unspecified atom stereocenters. The van der Waals surface area contributed by atoms with Crippen molar-refractivity contribution in [2.75, 3.05) is 13.1 Å². The number of furan rings is 1. The van der Waals surface area contributed by atoms with E-state index < -0.39 is 0 Å². The molecule has 4 nitrogen and oxygen atoms in total. The van der Waals surface area contributed by atoms with E-state index in [0.717, 1.165) is 31.7 Å². The molecule has 0 saturated carbocycles. The molecule has 0 bridgehead atoms. The summed E-state index contributed by atoms with van der Waals surface area (Å²) in [5.41, 5.74) is 0. The second kappa shape index (κ2) is 4.17. The summed E-state index contributed by atoms with van der Waals surface area (Å²) in [7, 11) is 0. The van der Waals surface area contributed by atoms with Gasteiger partial charge in [0.2, 0.25) is 0 Å². The van der Waals surface area contributed by atoms with Crippen molar-refractivity contribution in [3.8, 4) is 0 Å². The van der Waals surface area contributed by atoms with Crippen molar-refractivity contribution in [1.29, 1.82) is 0 Å². The second-order valence-corrected chi connectivity index (χ2v) is 3.43. The fourth-order valence-corrected chi connectivity index (χ4v) is 1.61. The number of nitrogens with one attached hydrogen (secondary N) is 1. The van der Waals surface area contributed by atoms with Crippen LogP contribution in [0, 0.1) is 0 Å². The fraction of sp³-hybridized carbons (Fsp3) is 0.500. The smallest absolute Gasteiger partial charge is 0.317 e. The third-order valence-electron chi connectivity index (χ3n) is 2.39. The average Bonchev–Trinajstić information content (AvgIpc) is 2.87. The number of urea groups is 1. The molecule has 0 atom stereocenters. The summed E-state index contributed by atoms with van der Waals surface area (Å²) < 4.78 is 5.11. The zero-order valence-corrected chi connectivity index (χ0v) is 8.03. The summed E-state index contributed by atoms with van der Waals surface area (Å²) >= 11 is 0. The van der Waals surface area contributed by atoms with Crippen LogP contribution in [0.2, 0.25) is 0 Å². The van der Waals surface area contributed by atoms with Crippen LogP contribution in [0.1, 0.15) is 18.6 Å². The first-order valence-electron chi connectivity index (χ1n) is 4.91. The topological polar surface area (TPSA) is 45.5 Å². The Bertz CT molecular complexity index is 289.